The molecule has 31 nitrogen and oxygen atoms in total. The summed E-state index contributed by atoms with van der Waals surface area (Å²) in [6, 6.07) is -14.4. The van der Waals surface area contributed by atoms with Crippen LogP contribution in [-0.4, -0.2) is 194 Å². The molecule has 1 heterocycles. The molecule has 89 heavy (non-hydrogen) atoms. The molecule has 0 saturated carbocycles. The number of rotatable bonds is 32. The molecule has 0 aliphatic carbocycles. The largest absolute Gasteiger partial charge is 0.393 e. The summed E-state index contributed by atoms with van der Waals surface area (Å²) in [5, 5.41) is 76.4. The van der Waals surface area contributed by atoms with Crippen molar-refractivity contribution in [2.45, 2.75) is 274 Å². The van der Waals surface area contributed by atoms with Crippen LogP contribution >= 0.6 is 0 Å². The van der Waals surface area contributed by atoms with E-state index < -0.39 is 188 Å². The number of unbranched alkanes of at least 4 members (excludes halogenated alkanes) is 12. The zero-order valence-electron chi connectivity index (χ0n) is 52.4. The van der Waals surface area contributed by atoms with Crippen molar-refractivity contribution in [3.8, 4) is 0 Å². The molecule has 0 radical (unpaired) electrons. The maximum absolute atomic E-state index is 14.1. The van der Waals surface area contributed by atoms with Gasteiger partial charge in [-0.15, -0.1) is 0 Å². The fraction of sp³-hybridized carbons (Fsp3) is 0.776. The predicted octanol–water partition coefficient (Wildman–Crippen LogP) is -3.78. The minimum Gasteiger partial charge on any atom is -0.393 e. The molecule has 508 valence electrons. The molecule has 31 heteroatoms. The molecular formula is C58H103N13O18. The van der Waals surface area contributed by atoms with Crippen molar-refractivity contribution in [3.63, 3.8) is 0 Å². The first-order valence-corrected chi connectivity index (χ1v) is 31.2. The number of primary amides is 3. The lowest BCUT2D eigenvalue weighted by Gasteiger charge is -2.29. The second-order valence-corrected chi connectivity index (χ2v) is 23.0. The first kappa shape index (κ1) is 79.9. The summed E-state index contributed by atoms with van der Waals surface area (Å²) < 4.78 is 0. The van der Waals surface area contributed by atoms with E-state index in [0.29, 0.717) is 44.9 Å². The highest BCUT2D eigenvalue weighted by molar-refractivity contribution is 6.00. The summed E-state index contributed by atoms with van der Waals surface area (Å²) in [6.07, 6.45) is 3.88. The molecule has 13 amide bonds. The fourth-order valence-electron chi connectivity index (χ4n) is 9.53. The summed E-state index contributed by atoms with van der Waals surface area (Å²) in [4.78, 5) is 174. The minimum absolute atomic E-state index is 0.0173. The van der Waals surface area contributed by atoms with Crippen molar-refractivity contribution in [2.24, 2.45) is 17.2 Å². The quantitative estimate of drug-likeness (QED) is 0.0288. The van der Waals surface area contributed by atoms with Crippen molar-refractivity contribution in [3.05, 3.63) is 0 Å². The van der Waals surface area contributed by atoms with Crippen LogP contribution in [0.1, 0.15) is 195 Å². The maximum atomic E-state index is 14.1. The summed E-state index contributed by atoms with van der Waals surface area (Å²) in [5.74, 6) is -14.9. The van der Waals surface area contributed by atoms with Crippen LogP contribution in [0.2, 0.25) is 0 Å². The van der Waals surface area contributed by atoms with Gasteiger partial charge >= 0.3 is 0 Å². The van der Waals surface area contributed by atoms with Gasteiger partial charge in [0.25, 0.3) is 0 Å². The molecule has 1 aliphatic rings. The standard InChI is InChI=1S/C58H103N13O18/c1-6-8-10-11-12-14-19-23-37(75)25-26-39-52(83)63-32-47(80)62-28-27-46(79)65-38(24-20-16-13-15-18-22-36(74)21-17-9-7-2)53(84)68-42(31-45(60)78)55(86)69-41(30-44(59)77)54(85)64-33(3)51(82)67-40(29-43(76)50(61)81)56(87)70-49(35(5)73)58(89)71-48(34(4)72)57(88)66-39/h33-43,48-49,72-76H,6-32H2,1-5H3,(H2,59,77)(H2,60,78)(H2,61,81)(H,62,80)(H,63,83)(H,64,85)(H,65,79)(H,66,88)(H,67,82)(H,68,84)(H,69,86)(H,70,87)(H,71,89)/t33-,34-,35-,36?,37?,38?,39?,40?,41+,42?,43?,48+,49-/m1/s1. The molecule has 0 spiro atoms. The third kappa shape index (κ3) is 34.5. The Balaban J connectivity index is 3.80. The van der Waals surface area contributed by atoms with E-state index in [0.717, 1.165) is 91.4 Å². The fourth-order valence-corrected chi connectivity index (χ4v) is 9.53. The lowest BCUT2D eigenvalue weighted by Crippen LogP contribution is -2.63. The summed E-state index contributed by atoms with van der Waals surface area (Å²) in [6.45, 7) is 6.28. The lowest BCUT2D eigenvalue weighted by atomic mass is 10.0. The second-order valence-electron chi connectivity index (χ2n) is 23.0. The van der Waals surface area contributed by atoms with E-state index in [1.54, 1.807) is 0 Å². The Labute approximate surface area is 520 Å². The van der Waals surface area contributed by atoms with E-state index in [2.05, 4.69) is 67.0 Å². The van der Waals surface area contributed by atoms with Crippen molar-refractivity contribution in [1.82, 2.24) is 53.2 Å². The Morgan fingerprint density at radius 2 is 0.843 bits per heavy atom. The van der Waals surface area contributed by atoms with Gasteiger partial charge < -0.3 is 95.9 Å². The van der Waals surface area contributed by atoms with E-state index in [-0.39, 0.29) is 25.8 Å². The predicted molar refractivity (Wildman–Crippen MR) is 323 cm³/mol. The van der Waals surface area contributed by atoms with Gasteiger partial charge in [0.1, 0.15) is 54.4 Å². The van der Waals surface area contributed by atoms with E-state index in [1.165, 1.54) is 0 Å². The van der Waals surface area contributed by atoms with Gasteiger partial charge in [-0.1, -0.05) is 110 Å². The Bertz CT molecular complexity index is 2300. The first-order valence-electron chi connectivity index (χ1n) is 31.2. The summed E-state index contributed by atoms with van der Waals surface area (Å²) >= 11 is 0. The molecule has 1 fully saturated rings. The van der Waals surface area contributed by atoms with Gasteiger partial charge in [-0.25, -0.2) is 0 Å². The minimum atomic E-state index is -2.15. The van der Waals surface area contributed by atoms with Gasteiger partial charge in [-0.2, -0.15) is 0 Å². The SMILES string of the molecule is CCCCCCCCCC(O)CCC1NC(=O)[C@H]([C@@H](C)O)NC(=O)[C@@H]([C@@H](C)O)NC(=O)C(CC(O)C(N)=O)NC(=O)[C@@H](C)NC(=O)[C@H](CC(N)=O)NC(=O)C(CC(N)=O)NC(=O)C(CCCCCCCC(O)CCCCC)NC(=O)CCNC(=O)CNC1=O. The van der Waals surface area contributed by atoms with Gasteiger partial charge in [0.15, 0.2) is 0 Å². The van der Waals surface area contributed by atoms with Crippen LogP contribution in [0.25, 0.3) is 0 Å². The van der Waals surface area contributed by atoms with Crippen molar-refractivity contribution < 1.29 is 87.9 Å². The topological polar surface area (TPSA) is 521 Å². The highest BCUT2D eigenvalue weighted by atomic mass is 16.3. The number of nitrogens with two attached hydrogens (primary N) is 3. The Morgan fingerprint density at radius 3 is 1.36 bits per heavy atom. The lowest BCUT2D eigenvalue weighted by molar-refractivity contribution is -0.139. The monoisotopic (exact) mass is 1270 g/mol. The highest BCUT2D eigenvalue weighted by Crippen LogP contribution is 2.16. The molecule has 1 rings (SSSR count). The normalized spacial score (nSPS) is 23.9. The molecule has 0 aromatic carbocycles. The zero-order valence-corrected chi connectivity index (χ0v) is 52.4. The van der Waals surface area contributed by atoms with Crippen LogP contribution < -0.4 is 70.4 Å². The van der Waals surface area contributed by atoms with Crippen LogP contribution in [0, 0.1) is 0 Å². The van der Waals surface area contributed by atoms with Gasteiger partial charge in [0, 0.05) is 19.4 Å². The number of hydrogen-bond acceptors (Lipinski definition) is 18. The highest BCUT2D eigenvalue weighted by Gasteiger charge is 2.38. The molecule has 1 aliphatic heterocycles. The van der Waals surface area contributed by atoms with Crippen LogP contribution in [0.3, 0.4) is 0 Å². The molecular weight excluding hydrogens is 1170 g/mol. The van der Waals surface area contributed by atoms with Gasteiger partial charge in [0.05, 0.1) is 43.8 Å². The zero-order chi connectivity index (χ0) is 67.2. The van der Waals surface area contributed by atoms with Gasteiger partial charge in [-0.05, 0) is 59.3 Å². The number of aliphatic hydroxyl groups excluding tert-OH is 5. The Hall–Kier alpha value is -7.09. The van der Waals surface area contributed by atoms with E-state index in [9.17, 15) is 87.9 Å². The van der Waals surface area contributed by atoms with Crippen molar-refractivity contribution in [1.29, 1.82) is 0 Å². The summed E-state index contributed by atoms with van der Waals surface area (Å²) in [7, 11) is 0. The van der Waals surface area contributed by atoms with Crippen molar-refractivity contribution >= 4 is 76.8 Å². The van der Waals surface area contributed by atoms with Crippen LogP contribution in [-0.2, 0) is 62.3 Å². The van der Waals surface area contributed by atoms with Crippen LogP contribution in [0.5, 0.6) is 0 Å². The van der Waals surface area contributed by atoms with E-state index in [1.807, 2.05) is 0 Å². The third-order valence-electron chi connectivity index (χ3n) is 14.9. The first-order chi connectivity index (χ1) is 42.0. The van der Waals surface area contributed by atoms with Crippen LogP contribution in [0.4, 0.5) is 0 Å². The average Bonchev–Trinajstić information content (AvgIpc) is 2.06. The number of nitrogens with one attached hydrogen (secondary N) is 10. The number of aliphatic hydroxyl groups is 5. The maximum Gasteiger partial charge on any atom is 0.246 e. The molecule has 7 unspecified atom stereocenters. The van der Waals surface area contributed by atoms with Gasteiger partial charge in [-0.3, -0.25) is 62.3 Å². The number of carbonyl (C=O) groups excluding carboxylic acids is 13. The Morgan fingerprint density at radius 1 is 0.438 bits per heavy atom. The van der Waals surface area contributed by atoms with E-state index >= 15 is 0 Å². The second kappa shape index (κ2) is 44.4. The average molecular weight is 1270 g/mol. The molecule has 21 N–H and O–H groups in total. The number of amides is 13. The molecule has 1 saturated heterocycles. The third-order valence-corrected chi connectivity index (χ3v) is 14.9. The molecule has 13 atom stereocenters. The van der Waals surface area contributed by atoms with Crippen LogP contribution in [0.15, 0.2) is 0 Å². The molecule has 0 aromatic heterocycles. The molecule has 0 bridgehead atoms. The smallest absolute Gasteiger partial charge is 0.246 e. The van der Waals surface area contributed by atoms with E-state index in [4.69, 9.17) is 17.2 Å². The summed E-state index contributed by atoms with van der Waals surface area (Å²) in [5.41, 5.74) is 16.1. The van der Waals surface area contributed by atoms with Crippen molar-refractivity contribution in [2.75, 3.05) is 13.1 Å². The number of carbonyl (C=O) groups is 13. The van der Waals surface area contributed by atoms with Gasteiger partial charge in [0.2, 0.25) is 76.8 Å². The number of hydrogen-bond donors (Lipinski definition) is 18. The Kier molecular flexibility index (Phi) is 39.8. The molecule has 0 aromatic rings.